The SMILES string of the molecule is O=C(NC1CCCCC1)N1CCC(NC(=O)C2(c3ccc4c(c3)OCO4)CCCCC2)CC1. The third-order valence-corrected chi connectivity index (χ3v) is 8.12. The van der Waals surface area contributed by atoms with E-state index in [0.29, 0.717) is 19.1 Å². The minimum Gasteiger partial charge on any atom is -0.454 e. The van der Waals surface area contributed by atoms with Crippen LogP contribution < -0.4 is 20.1 Å². The molecule has 180 valence electrons. The van der Waals surface area contributed by atoms with Gasteiger partial charge in [-0.3, -0.25) is 4.79 Å². The summed E-state index contributed by atoms with van der Waals surface area (Å²) in [7, 11) is 0. The van der Waals surface area contributed by atoms with Gasteiger partial charge in [0.2, 0.25) is 12.7 Å². The number of urea groups is 1. The molecule has 0 bridgehead atoms. The van der Waals surface area contributed by atoms with Crippen LogP contribution in [0.25, 0.3) is 0 Å². The lowest BCUT2D eigenvalue weighted by Crippen LogP contribution is -2.54. The Morgan fingerprint density at radius 3 is 2.24 bits per heavy atom. The van der Waals surface area contributed by atoms with Crippen molar-refractivity contribution in [3.8, 4) is 11.5 Å². The van der Waals surface area contributed by atoms with Gasteiger partial charge in [-0.1, -0.05) is 44.6 Å². The molecular formula is C26H37N3O4. The largest absolute Gasteiger partial charge is 0.454 e. The molecule has 33 heavy (non-hydrogen) atoms. The van der Waals surface area contributed by atoms with E-state index in [1.807, 2.05) is 23.1 Å². The lowest BCUT2D eigenvalue weighted by atomic mass is 9.68. The summed E-state index contributed by atoms with van der Waals surface area (Å²) < 4.78 is 11.1. The maximum atomic E-state index is 13.7. The molecule has 2 heterocycles. The number of nitrogens with zero attached hydrogens (tertiary/aromatic N) is 1. The van der Waals surface area contributed by atoms with Crippen LogP contribution in [0.3, 0.4) is 0 Å². The molecule has 0 spiro atoms. The van der Waals surface area contributed by atoms with Gasteiger partial charge in [-0.25, -0.2) is 4.79 Å². The Balaban J connectivity index is 1.20. The second-order valence-corrected chi connectivity index (χ2v) is 10.2. The number of fused-ring (bicyclic) bond motifs is 1. The summed E-state index contributed by atoms with van der Waals surface area (Å²) in [6, 6.07) is 6.49. The highest BCUT2D eigenvalue weighted by molar-refractivity contribution is 5.89. The van der Waals surface area contributed by atoms with Crippen molar-refractivity contribution in [2.24, 2.45) is 0 Å². The highest BCUT2D eigenvalue weighted by atomic mass is 16.7. The predicted molar refractivity (Wildman–Crippen MR) is 125 cm³/mol. The van der Waals surface area contributed by atoms with Crippen LogP contribution in [-0.4, -0.2) is 48.8 Å². The number of nitrogens with one attached hydrogen (secondary N) is 2. The highest BCUT2D eigenvalue weighted by Crippen LogP contribution is 2.43. The molecule has 1 aromatic carbocycles. The summed E-state index contributed by atoms with van der Waals surface area (Å²) >= 11 is 0. The lowest BCUT2D eigenvalue weighted by molar-refractivity contribution is -0.129. The second-order valence-electron chi connectivity index (χ2n) is 10.2. The van der Waals surface area contributed by atoms with Crippen molar-refractivity contribution >= 4 is 11.9 Å². The van der Waals surface area contributed by atoms with Gasteiger partial charge in [0, 0.05) is 25.2 Å². The average molecular weight is 456 g/mol. The molecule has 7 nitrogen and oxygen atoms in total. The van der Waals surface area contributed by atoms with Crippen molar-refractivity contribution in [1.29, 1.82) is 0 Å². The zero-order valence-electron chi connectivity index (χ0n) is 19.6. The molecule has 7 heteroatoms. The summed E-state index contributed by atoms with van der Waals surface area (Å²) in [6.07, 6.45) is 12.5. The Hall–Kier alpha value is -2.44. The number of likely N-dealkylation sites (tertiary alicyclic amines) is 1. The Morgan fingerprint density at radius 1 is 0.818 bits per heavy atom. The Bertz CT molecular complexity index is 853. The topological polar surface area (TPSA) is 79.9 Å². The van der Waals surface area contributed by atoms with Gasteiger partial charge in [-0.05, 0) is 56.2 Å². The smallest absolute Gasteiger partial charge is 0.317 e. The summed E-state index contributed by atoms with van der Waals surface area (Å²) in [5.41, 5.74) is 0.530. The third-order valence-electron chi connectivity index (χ3n) is 8.12. The number of carbonyl (C=O) groups is 2. The van der Waals surface area contributed by atoms with Crippen LogP contribution in [0.2, 0.25) is 0 Å². The van der Waals surface area contributed by atoms with Crippen molar-refractivity contribution in [2.75, 3.05) is 19.9 Å². The van der Waals surface area contributed by atoms with Crippen molar-refractivity contribution in [2.45, 2.75) is 94.5 Å². The first kappa shape index (κ1) is 22.4. The summed E-state index contributed by atoms with van der Waals surface area (Å²) in [5.74, 6) is 1.62. The summed E-state index contributed by atoms with van der Waals surface area (Å²) in [6.45, 7) is 1.63. The van der Waals surface area contributed by atoms with Gasteiger partial charge in [0.25, 0.3) is 0 Å². The molecule has 2 saturated carbocycles. The van der Waals surface area contributed by atoms with Crippen LogP contribution in [0.15, 0.2) is 18.2 Å². The first-order valence-electron chi connectivity index (χ1n) is 12.9. The van der Waals surface area contributed by atoms with Crippen molar-refractivity contribution in [3.05, 3.63) is 23.8 Å². The van der Waals surface area contributed by atoms with Gasteiger partial charge in [-0.2, -0.15) is 0 Å². The van der Waals surface area contributed by atoms with E-state index < -0.39 is 5.41 Å². The van der Waals surface area contributed by atoms with Gasteiger partial charge in [-0.15, -0.1) is 0 Å². The van der Waals surface area contributed by atoms with Gasteiger partial charge < -0.3 is 25.0 Å². The normalized spacial score (nSPS) is 23.2. The molecule has 2 aliphatic heterocycles. The molecule has 0 atom stereocenters. The van der Waals surface area contributed by atoms with E-state index in [0.717, 1.165) is 68.4 Å². The average Bonchev–Trinajstić information content (AvgIpc) is 3.33. The Kier molecular flexibility index (Phi) is 6.65. The molecule has 0 unspecified atom stereocenters. The molecule has 3 fully saturated rings. The third kappa shape index (κ3) is 4.78. The fourth-order valence-electron chi connectivity index (χ4n) is 6.06. The van der Waals surface area contributed by atoms with Crippen molar-refractivity contribution in [3.63, 3.8) is 0 Å². The molecule has 1 saturated heterocycles. The minimum absolute atomic E-state index is 0.0655. The zero-order chi connectivity index (χ0) is 22.7. The second kappa shape index (κ2) is 9.82. The molecule has 0 radical (unpaired) electrons. The molecular weight excluding hydrogens is 418 g/mol. The molecule has 2 aliphatic carbocycles. The summed E-state index contributed by atoms with van der Waals surface area (Å²) in [4.78, 5) is 28.3. The van der Waals surface area contributed by atoms with E-state index in [9.17, 15) is 9.59 Å². The molecule has 3 amide bonds. The molecule has 0 aromatic heterocycles. The number of ether oxygens (including phenoxy) is 2. The Morgan fingerprint density at radius 2 is 1.48 bits per heavy atom. The van der Waals surface area contributed by atoms with E-state index in [-0.39, 0.29) is 24.8 Å². The minimum atomic E-state index is -0.505. The Labute approximate surface area is 196 Å². The van der Waals surface area contributed by atoms with E-state index in [2.05, 4.69) is 10.6 Å². The standard InChI is InChI=1S/C26H37N3O4/c30-24(26(13-5-2-6-14-26)19-9-10-22-23(17-19)33-18-32-22)27-21-11-15-29(16-12-21)25(31)28-20-7-3-1-4-8-20/h9-10,17,20-21H,1-8,11-16,18H2,(H,27,30)(H,28,31). The molecule has 5 rings (SSSR count). The number of hydrogen-bond donors (Lipinski definition) is 2. The van der Waals surface area contributed by atoms with Gasteiger partial charge >= 0.3 is 6.03 Å². The van der Waals surface area contributed by atoms with Crippen LogP contribution >= 0.6 is 0 Å². The molecule has 1 aromatic rings. The quantitative estimate of drug-likeness (QED) is 0.712. The summed E-state index contributed by atoms with van der Waals surface area (Å²) in [5, 5.41) is 6.59. The number of amides is 3. The van der Waals surface area contributed by atoms with Crippen LogP contribution in [0.4, 0.5) is 4.79 Å². The monoisotopic (exact) mass is 455 g/mol. The van der Waals surface area contributed by atoms with Crippen molar-refractivity contribution < 1.29 is 19.1 Å². The maximum Gasteiger partial charge on any atom is 0.317 e. The number of benzene rings is 1. The van der Waals surface area contributed by atoms with E-state index in [1.165, 1.54) is 25.7 Å². The number of carbonyl (C=O) groups excluding carboxylic acids is 2. The van der Waals surface area contributed by atoms with Crippen molar-refractivity contribution in [1.82, 2.24) is 15.5 Å². The van der Waals surface area contributed by atoms with Gasteiger partial charge in [0.1, 0.15) is 0 Å². The number of piperidine rings is 1. The zero-order valence-corrected chi connectivity index (χ0v) is 19.6. The van der Waals surface area contributed by atoms with Crippen LogP contribution in [0, 0.1) is 0 Å². The highest BCUT2D eigenvalue weighted by Gasteiger charge is 2.43. The van der Waals surface area contributed by atoms with Crippen LogP contribution in [0.5, 0.6) is 11.5 Å². The van der Waals surface area contributed by atoms with E-state index >= 15 is 0 Å². The molecule has 4 aliphatic rings. The first-order chi connectivity index (χ1) is 16.1. The van der Waals surface area contributed by atoms with Gasteiger partial charge in [0.05, 0.1) is 5.41 Å². The number of hydrogen-bond acceptors (Lipinski definition) is 4. The first-order valence-corrected chi connectivity index (χ1v) is 12.9. The fraction of sp³-hybridized carbons (Fsp3) is 0.692. The number of rotatable bonds is 4. The van der Waals surface area contributed by atoms with Crippen LogP contribution in [-0.2, 0) is 10.2 Å². The van der Waals surface area contributed by atoms with Crippen LogP contribution in [0.1, 0.15) is 82.6 Å². The molecule has 2 N–H and O–H groups in total. The van der Waals surface area contributed by atoms with Gasteiger partial charge in [0.15, 0.2) is 11.5 Å². The van der Waals surface area contributed by atoms with E-state index in [4.69, 9.17) is 9.47 Å². The lowest BCUT2D eigenvalue weighted by Gasteiger charge is -2.39. The van der Waals surface area contributed by atoms with E-state index in [1.54, 1.807) is 0 Å². The predicted octanol–water partition coefficient (Wildman–Crippen LogP) is 4.24. The fourth-order valence-corrected chi connectivity index (χ4v) is 6.06. The maximum absolute atomic E-state index is 13.7.